The number of hydrogen-bond donors (Lipinski definition) is 0. The summed E-state index contributed by atoms with van der Waals surface area (Å²) in [5.41, 5.74) is 8.96. The van der Waals surface area contributed by atoms with Crippen LogP contribution in [0.3, 0.4) is 0 Å². The first-order valence-electron chi connectivity index (χ1n) is 19.7. The van der Waals surface area contributed by atoms with Crippen LogP contribution in [-0.4, -0.2) is 0 Å². The zero-order valence-electron chi connectivity index (χ0n) is 30.9. The zero-order valence-corrected chi connectivity index (χ0v) is 30.9. The molecule has 1 heteroatoms. The second-order valence-electron chi connectivity index (χ2n) is 15.5. The quantitative estimate of drug-likeness (QED) is 0.166. The maximum atomic E-state index is 7.16. The van der Waals surface area contributed by atoms with Crippen LogP contribution in [0.25, 0.3) is 131 Å². The lowest BCUT2D eigenvalue weighted by atomic mass is 9.86. The third-order valence-corrected chi connectivity index (χ3v) is 12.6. The van der Waals surface area contributed by atoms with Crippen molar-refractivity contribution in [3.63, 3.8) is 0 Å². The second-order valence-corrected chi connectivity index (χ2v) is 15.5. The summed E-state index contributed by atoms with van der Waals surface area (Å²) in [6.07, 6.45) is 0. The largest absolute Gasteiger partial charge is 0.455 e. The minimum absolute atomic E-state index is 0.892. The molecule has 1 heterocycles. The van der Waals surface area contributed by atoms with E-state index in [0.29, 0.717) is 0 Å². The number of furan rings is 1. The minimum atomic E-state index is 0.892. The highest BCUT2D eigenvalue weighted by Gasteiger charge is 2.22. The molecule has 0 fully saturated rings. The van der Waals surface area contributed by atoms with E-state index in [2.05, 4.69) is 194 Å². The number of hydrogen-bond acceptors (Lipinski definition) is 1. The molecule has 0 bridgehead atoms. The van der Waals surface area contributed by atoms with E-state index in [0.717, 1.165) is 32.9 Å². The normalized spacial score (nSPS) is 12.2. The maximum Gasteiger partial charge on any atom is 0.143 e. The van der Waals surface area contributed by atoms with Gasteiger partial charge in [0.05, 0.1) is 0 Å². The van der Waals surface area contributed by atoms with Crippen LogP contribution >= 0.6 is 0 Å². The monoisotopic (exact) mass is 720 g/mol. The van der Waals surface area contributed by atoms with Gasteiger partial charge in [0.1, 0.15) is 11.2 Å². The van der Waals surface area contributed by atoms with Crippen LogP contribution in [-0.2, 0) is 0 Å². The molecule has 0 saturated carbocycles. The van der Waals surface area contributed by atoms with Crippen molar-refractivity contribution in [2.24, 2.45) is 0 Å². The molecular weight excluding hydrogens is 689 g/mol. The van der Waals surface area contributed by atoms with Gasteiger partial charge in [-0.15, -0.1) is 0 Å². The highest BCUT2D eigenvalue weighted by Crippen LogP contribution is 2.48. The molecule has 0 radical (unpaired) electrons. The van der Waals surface area contributed by atoms with Crippen LogP contribution in [0.2, 0.25) is 0 Å². The number of rotatable bonds is 3. The average Bonchev–Trinajstić information content (AvgIpc) is 3.67. The van der Waals surface area contributed by atoms with Crippen molar-refractivity contribution < 1.29 is 4.42 Å². The van der Waals surface area contributed by atoms with Crippen molar-refractivity contribution in [2.75, 3.05) is 0 Å². The fourth-order valence-corrected chi connectivity index (χ4v) is 10.0. The van der Waals surface area contributed by atoms with Gasteiger partial charge >= 0.3 is 0 Å². The molecule has 13 rings (SSSR count). The van der Waals surface area contributed by atoms with Gasteiger partial charge in [0.15, 0.2) is 0 Å². The Labute approximate surface area is 328 Å². The molecule has 57 heavy (non-hydrogen) atoms. The first-order chi connectivity index (χ1) is 28.3. The van der Waals surface area contributed by atoms with E-state index in [9.17, 15) is 0 Å². The molecule has 0 spiro atoms. The predicted octanol–water partition coefficient (Wildman–Crippen LogP) is 16.1. The van der Waals surface area contributed by atoms with Gasteiger partial charge < -0.3 is 4.42 Å². The van der Waals surface area contributed by atoms with Gasteiger partial charge in [0.25, 0.3) is 0 Å². The summed E-state index contributed by atoms with van der Waals surface area (Å²) in [6.45, 7) is 0. The Morgan fingerprint density at radius 1 is 0.246 bits per heavy atom. The highest BCUT2D eigenvalue weighted by atomic mass is 16.3. The molecule has 13 aromatic rings. The molecule has 1 nitrogen and oxygen atoms in total. The lowest BCUT2D eigenvalue weighted by Crippen LogP contribution is -1.90. The van der Waals surface area contributed by atoms with Crippen molar-refractivity contribution in [1.29, 1.82) is 0 Å². The Morgan fingerprint density at radius 2 is 0.860 bits per heavy atom. The average molecular weight is 721 g/mol. The van der Waals surface area contributed by atoms with E-state index in [-0.39, 0.29) is 0 Å². The third kappa shape index (κ3) is 4.34. The Hall–Kier alpha value is -7.48. The third-order valence-electron chi connectivity index (χ3n) is 12.6. The number of benzene rings is 12. The highest BCUT2D eigenvalue weighted by molar-refractivity contribution is 6.29. The minimum Gasteiger partial charge on any atom is -0.455 e. The predicted molar refractivity (Wildman–Crippen MR) is 244 cm³/mol. The van der Waals surface area contributed by atoms with E-state index in [1.807, 2.05) is 0 Å². The van der Waals surface area contributed by atoms with Gasteiger partial charge in [-0.1, -0.05) is 170 Å². The Bertz CT molecular complexity index is 3780. The summed E-state index contributed by atoms with van der Waals surface area (Å²) in [7, 11) is 0. The molecule has 0 N–H and O–H groups in total. The summed E-state index contributed by atoms with van der Waals surface area (Å²) < 4.78 is 7.16. The maximum absolute atomic E-state index is 7.16. The topological polar surface area (TPSA) is 13.1 Å². The van der Waals surface area contributed by atoms with Crippen molar-refractivity contribution in [1.82, 2.24) is 0 Å². The van der Waals surface area contributed by atoms with Crippen molar-refractivity contribution in [3.8, 4) is 33.4 Å². The Balaban J connectivity index is 1.17. The first-order valence-corrected chi connectivity index (χ1v) is 19.7. The molecule has 0 aliphatic carbocycles. The molecule has 0 unspecified atom stereocenters. The molecule has 12 aromatic carbocycles. The van der Waals surface area contributed by atoms with Crippen LogP contribution in [0.1, 0.15) is 0 Å². The molecule has 0 saturated heterocycles. The number of fused-ring (bicyclic) bond motifs is 10. The van der Waals surface area contributed by atoms with Crippen molar-refractivity contribution in [3.05, 3.63) is 194 Å². The fraction of sp³-hybridized carbons (Fsp3) is 0. The van der Waals surface area contributed by atoms with E-state index in [1.165, 1.54) is 97.8 Å². The standard InChI is InChI=1S/C56H32O/c1-2-10-33(11-3-1)40-18-9-19-47-43(40)28-29-48-55-50(44-26-24-37-22-21-35-13-8-14-36-25-27-46(44)54(37)52(35)36)31-39(32-51(55)57-56(47)48)49-30-38-23-20-34-12-4-5-15-41(34)53(38)45-17-7-6-16-42(45)49/h1-32H. The molecular formula is C56H32O. The van der Waals surface area contributed by atoms with E-state index in [1.54, 1.807) is 0 Å². The Morgan fingerprint density at radius 3 is 1.74 bits per heavy atom. The smallest absolute Gasteiger partial charge is 0.143 e. The molecule has 0 amide bonds. The van der Waals surface area contributed by atoms with Crippen LogP contribution in [0.4, 0.5) is 0 Å². The lowest BCUT2D eigenvalue weighted by molar-refractivity contribution is 0.673. The summed E-state index contributed by atoms with van der Waals surface area (Å²) in [5, 5.41) is 19.8. The van der Waals surface area contributed by atoms with Gasteiger partial charge in [-0.3, -0.25) is 0 Å². The van der Waals surface area contributed by atoms with E-state index >= 15 is 0 Å². The van der Waals surface area contributed by atoms with Gasteiger partial charge in [-0.05, 0) is 128 Å². The molecule has 0 atom stereocenters. The molecule has 0 aliphatic heterocycles. The van der Waals surface area contributed by atoms with Gasteiger partial charge in [-0.2, -0.15) is 0 Å². The summed E-state index contributed by atoms with van der Waals surface area (Å²) in [4.78, 5) is 0. The molecule has 1 aromatic heterocycles. The van der Waals surface area contributed by atoms with Crippen molar-refractivity contribution >= 4 is 97.3 Å². The lowest BCUT2D eigenvalue weighted by Gasteiger charge is -2.17. The molecule has 262 valence electrons. The van der Waals surface area contributed by atoms with Gasteiger partial charge in [-0.25, -0.2) is 0 Å². The SMILES string of the molecule is c1ccc(-c2cccc3c2ccc2c3oc3cc(-c4cc5ccc6ccccc6c5c5ccccc45)cc(-c4ccc5ccc6cccc7ccc4c5c67)c32)cc1. The fourth-order valence-electron chi connectivity index (χ4n) is 10.0. The van der Waals surface area contributed by atoms with Crippen LogP contribution in [0, 0.1) is 0 Å². The van der Waals surface area contributed by atoms with E-state index < -0.39 is 0 Å². The first kappa shape index (κ1) is 30.8. The second kappa shape index (κ2) is 11.5. The Kier molecular flexibility index (Phi) is 6.23. The van der Waals surface area contributed by atoms with Gasteiger partial charge in [0, 0.05) is 16.2 Å². The van der Waals surface area contributed by atoms with E-state index in [4.69, 9.17) is 4.42 Å². The summed E-state index contributed by atoms with van der Waals surface area (Å²) in [5.74, 6) is 0. The van der Waals surface area contributed by atoms with Crippen LogP contribution < -0.4 is 0 Å². The molecule has 0 aliphatic rings. The van der Waals surface area contributed by atoms with Crippen molar-refractivity contribution in [2.45, 2.75) is 0 Å². The van der Waals surface area contributed by atoms with Crippen LogP contribution in [0.15, 0.2) is 199 Å². The summed E-state index contributed by atoms with van der Waals surface area (Å²) in [6, 6.07) is 71.5. The summed E-state index contributed by atoms with van der Waals surface area (Å²) >= 11 is 0. The van der Waals surface area contributed by atoms with Gasteiger partial charge in [0.2, 0.25) is 0 Å². The zero-order chi connectivity index (χ0) is 37.2. The van der Waals surface area contributed by atoms with Crippen LogP contribution in [0.5, 0.6) is 0 Å².